The number of amides is 1. The van der Waals surface area contributed by atoms with Gasteiger partial charge in [-0.25, -0.2) is 0 Å². The van der Waals surface area contributed by atoms with E-state index in [2.05, 4.69) is 5.32 Å². The van der Waals surface area contributed by atoms with Gasteiger partial charge in [-0.1, -0.05) is 6.07 Å². The molecule has 324 valence electrons. The summed E-state index contributed by atoms with van der Waals surface area (Å²) in [6, 6.07) is 30.6. The highest BCUT2D eigenvalue weighted by Gasteiger charge is 2.25. The lowest BCUT2D eigenvalue weighted by Crippen LogP contribution is -2.15. The van der Waals surface area contributed by atoms with Crippen LogP contribution in [0.3, 0.4) is 0 Å². The lowest BCUT2D eigenvalue weighted by molar-refractivity contribution is -0.386. The number of anilines is 7. The first-order valence-corrected chi connectivity index (χ1v) is 19.1. The maximum Gasteiger partial charge on any atom is 0.279 e. The van der Waals surface area contributed by atoms with Gasteiger partial charge in [0.05, 0.1) is 58.2 Å². The number of benzene rings is 6. The number of nitrogen functional groups attached to an aromatic ring is 6. The lowest BCUT2D eigenvalue weighted by atomic mass is 9.96. The summed E-state index contributed by atoms with van der Waals surface area (Å²) >= 11 is 0. The number of aryl methyl sites for hydroxylation is 3. The highest BCUT2D eigenvalue weighted by molar-refractivity contribution is 6.09. The molecule has 13 N–H and O–H groups in total. The topological polar surface area (TPSA) is 299 Å². The summed E-state index contributed by atoms with van der Waals surface area (Å²) in [5.41, 5.74) is 40.1. The number of unbranched alkanes of at least 4 members (excludes halogenated alkanes) is 1. The summed E-state index contributed by atoms with van der Waals surface area (Å²) in [4.78, 5) is 33.4. The van der Waals surface area contributed by atoms with Gasteiger partial charge in [-0.3, -0.25) is 25.0 Å². The molecule has 0 atom stereocenters. The fraction of sp³-hybridized carbons (Fsp3) is 0.178. The number of hydrogen-bond acceptors (Lipinski definition) is 14. The summed E-state index contributed by atoms with van der Waals surface area (Å²) in [6.45, 7) is 6.63. The first-order chi connectivity index (χ1) is 29.5. The summed E-state index contributed by atoms with van der Waals surface area (Å²) in [5.74, 6) is 2.03. The molecule has 17 heteroatoms. The van der Waals surface area contributed by atoms with E-state index in [0.29, 0.717) is 52.7 Å². The van der Waals surface area contributed by atoms with Crippen molar-refractivity contribution in [1.29, 1.82) is 0 Å². The van der Waals surface area contributed by atoms with Crippen LogP contribution in [0.2, 0.25) is 0 Å². The van der Waals surface area contributed by atoms with Gasteiger partial charge in [0, 0.05) is 46.6 Å². The molecular formula is C45H51N9O8. The molecule has 17 nitrogen and oxygen atoms in total. The Morgan fingerprint density at radius 3 is 1.42 bits per heavy atom. The van der Waals surface area contributed by atoms with Gasteiger partial charge in [-0.05, 0) is 135 Å². The van der Waals surface area contributed by atoms with Crippen molar-refractivity contribution in [2.24, 2.45) is 0 Å². The molecule has 0 unspecified atom stereocenters. The van der Waals surface area contributed by atoms with E-state index in [4.69, 9.17) is 48.6 Å². The third-order valence-electron chi connectivity index (χ3n) is 9.25. The van der Waals surface area contributed by atoms with Crippen LogP contribution in [0.15, 0.2) is 109 Å². The standard InChI is InChI=1S/C16H20N2O2.C15H17N3O2.C14H14N4O4/c17-13-3-7-15(8-4-13)19-11-1-2-12-20-16-9-5-14(18)6-10-16;1-9-3-5-11(12(16)7-9)15(19)18-14-6-4-10(20-2)8-13(14)17;1-7-3-9(13(17(19)20)5-11(7)15)10-4-8(2)12(16)6-14(10)18(21)22/h3-10H,1-2,11-12,17-18H2;3-8H,16-17H2,1-2H3,(H,18,19);3-6H,15-16H2,1-2H3. The van der Waals surface area contributed by atoms with Crippen molar-refractivity contribution >= 4 is 57.1 Å². The quantitative estimate of drug-likeness (QED) is 0.0248. The van der Waals surface area contributed by atoms with Crippen LogP contribution >= 0.6 is 0 Å². The maximum atomic E-state index is 12.2. The molecule has 6 rings (SSSR count). The van der Waals surface area contributed by atoms with Crippen LogP contribution in [-0.4, -0.2) is 36.1 Å². The third kappa shape index (κ3) is 13.2. The molecule has 0 saturated heterocycles. The van der Waals surface area contributed by atoms with Gasteiger partial charge in [0.2, 0.25) is 0 Å². The van der Waals surface area contributed by atoms with E-state index in [1.165, 1.54) is 24.3 Å². The number of ether oxygens (including phenoxy) is 3. The van der Waals surface area contributed by atoms with Crippen molar-refractivity contribution in [3.63, 3.8) is 0 Å². The molecule has 0 heterocycles. The minimum absolute atomic E-state index is 0.145. The van der Waals surface area contributed by atoms with Crippen LogP contribution in [-0.2, 0) is 0 Å². The molecule has 0 aliphatic heterocycles. The minimum atomic E-state index is -0.611. The number of carbonyl (C=O) groups excluding carboxylic acids is 1. The third-order valence-corrected chi connectivity index (χ3v) is 9.25. The lowest BCUT2D eigenvalue weighted by Gasteiger charge is -2.11. The molecule has 0 fully saturated rings. The van der Waals surface area contributed by atoms with Crippen molar-refractivity contribution in [2.75, 3.05) is 60.0 Å². The fourth-order valence-electron chi connectivity index (χ4n) is 5.73. The zero-order chi connectivity index (χ0) is 45.5. The zero-order valence-corrected chi connectivity index (χ0v) is 34.8. The fourth-order valence-corrected chi connectivity index (χ4v) is 5.73. The summed E-state index contributed by atoms with van der Waals surface area (Å²) in [5, 5.41) is 25.2. The Morgan fingerprint density at radius 2 is 1.02 bits per heavy atom. The Balaban J connectivity index is 0.000000205. The second kappa shape index (κ2) is 21.7. The van der Waals surface area contributed by atoms with Crippen LogP contribution in [0.1, 0.15) is 39.9 Å². The Kier molecular flexibility index (Phi) is 16.3. The van der Waals surface area contributed by atoms with Crippen LogP contribution in [0.25, 0.3) is 11.1 Å². The number of methoxy groups -OCH3 is 1. The van der Waals surface area contributed by atoms with E-state index in [-0.39, 0.29) is 39.8 Å². The molecule has 6 aromatic carbocycles. The van der Waals surface area contributed by atoms with Gasteiger partial charge in [0.1, 0.15) is 17.2 Å². The summed E-state index contributed by atoms with van der Waals surface area (Å²) in [7, 11) is 1.56. The predicted octanol–water partition coefficient (Wildman–Crippen LogP) is 8.46. The van der Waals surface area contributed by atoms with E-state index in [9.17, 15) is 25.0 Å². The van der Waals surface area contributed by atoms with Crippen LogP contribution in [0, 0.1) is 41.0 Å². The smallest absolute Gasteiger partial charge is 0.279 e. The summed E-state index contributed by atoms with van der Waals surface area (Å²) < 4.78 is 16.3. The number of nitrogens with two attached hydrogens (primary N) is 6. The minimum Gasteiger partial charge on any atom is -0.497 e. The Morgan fingerprint density at radius 1 is 0.565 bits per heavy atom. The molecule has 6 aromatic rings. The number of nitro groups is 2. The molecular weight excluding hydrogens is 795 g/mol. The van der Waals surface area contributed by atoms with Gasteiger partial charge in [0.25, 0.3) is 17.3 Å². The average Bonchev–Trinajstić information content (AvgIpc) is 3.23. The Labute approximate surface area is 358 Å². The van der Waals surface area contributed by atoms with Crippen molar-refractivity contribution in [3.8, 4) is 28.4 Å². The number of nitrogens with one attached hydrogen (secondary N) is 1. The molecule has 62 heavy (non-hydrogen) atoms. The van der Waals surface area contributed by atoms with E-state index < -0.39 is 9.85 Å². The number of rotatable bonds is 13. The second-order valence-corrected chi connectivity index (χ2v) is 14.0. The monoisotopic (exact) mass is 845 g/mol. The van der Waals surface area contributed by atoms with Crippen LogP contribution in [0.4, 0.5) is 51.2 Å². The molecule has 0 bridgehead atoms. The van der Waals surface area contributed by atoms with Gasteiger partial charge in [-0.15, -0.1) is 0 Å². The highest BCUT2D eigenvalue weighted by atomic mass is 16.6. The number of nitrogens with zero attached hydrogens (tertiary/aromatic N) is 2. The van der Waals surface area contributed by atoms with Gasteiger partial charge >= 0.3 is 0 Å². The first-order valence-electron chi connectivity index (χ1n) is 19.1. The summed E-state index contributed by atoms with van der Waals surface area (Å²) in [6.07, 6.45) is 1.89. The average molecular weight is 846 g/mol. The van der Waals surface area contributed by atoms with Crippen molar-refractivity contribution < 1.29 is 28.9 Å². The number of nitro benzene ring substituents is 2. The van der Waals surface area contributed by atoms with Crippen molar-refractivity contribution in [3.05, 3.63) is 152 Å². The molecule has 1 amide bonds. The second-order valence-electron chi connectivity index (χ2n) is 14.0. The van der Waals surface area contributed by atoms with Crippen LogP contribution < -0.4 is 53.9 Å². The van der Waals surface area contributed by atoms with E-state index >= 15 is 0 Å². The van der Waals surface area contributed by atoms with Crippen LogP contribution in [0.5, 0.6) is 17.2 Å². The van der Waals surface area contributed by atoms with E-state index in [0.717, 1.165) is 41.3 Å². The Hall–Kier alpha value is -8.21. The van der Waals surface area contributed by atoms with Gasteiger partial charge in [0.15, 0.2) is 0 Å². The number of hydrogen-bond donors (Lipinski definition) is 7. The zero-order valence-electron chi connectivity index (χ0n) is 34.8. The predicted molar refractivity (Wildman–Crippen MR) is 246 cm³/mol. The van der Waals surface area contributed by atoms with E-state index in [1.807, 2.05) is 61.5 Å². The van der Waals surface area contributed by atoms with Crippen molar-refractivity contribution in [1.82, 2.24) is 0 Å². The van der Waals surface area contributed by atoms with Gasteiger partial charge < -0.3 is 53.9 Å². The van der Waals surface area contributed by atoms with E-state index in [1.54, 1.807) is 51.3 Å². The van der Waals surface area contributed by atoms with Gasteiger partial charge in [-0.2, -0.15) is 0 Å². The molecule has 0 spiro atoms. The van der Waals surface area contributed by atoms with Crippen molar-refractivity contribution in [2.45, 2.75) is 33.6 Å². The molecule has 0 aromatic heterocycles. The first kappa shape index (κ1) is 46.5. The highest BCUT2D eigenvalue weighted by Crippen LogP contribution is 2.40. The largest absolute Gasteiger partial charge is 0.497 e. The normalized spacial score (nSPS) is 10.3. The molecule has 0 aliphatic carbocycles. The number of carbonyl (C=O) groups is 1. The molecule has 0 aliphatic rings. The molecule has 0 saturated carbocycles. The SMILES string of the molecule is COc1ccc(NC(=O)c2ccc(C)cc2N)c(N)c1.Cc1cc(-c2cc(C)c(N)cc2[N+](=O)[O-])c([N+](=O)[O-])cc1N.Nc1ccc(OCCCCOc2ccc(N)cc2)cc1. The maximum absolute atomic E-state index is 12.2. The molecule has 0 radical (unpaired) electrons. The Bertz CT molecular complexity index is 2400.